The van der Waals surface area contributed by atoms with E-state index in [9.17, 15) is 0 Å². The molecule has 0 amide bonds. The smallest absolute Gasteiger partial charge is 0.412 e. The Morgan fingerprint density at radius 3 is 1.26 bits per heavy atom. The summed E-state index contributed by atoms with van der Waals surface area (Å²) in [6, 6.07) is 0. The van der Waals surface area contributed by atoms with Crippen LogP contribution in [0.15, 0.2) is 0 Å². The number of hydrogen-bond donors (Lipinski definition) is 2. The Morgan fingerprint density at radius 1 is 0.704 bits per heavy atom. The van der Waals surface area contributed by atoms with Crippen LogP contribution in [0, 0.1) is 63.2 Å². The molecule has 10 radical (unpaired) electrons. The summed E-state index contributed by atoms with van der Waals surface area (Å²) in [5.74, 6) is 2.76. The molecule has 0 unspecified atom stereocenters. The number of hydrogen-bond acceptors (Lipinski definition) is 4. The molecule has 2 nitrogen and oxygen atoms in total. The normalized spacial score (nSPS) is 16.0. The Labute approximate surface area is 243 Å². The first kappa shape index (κ1) is 34.4. The minimum atomic E-state index is 0. The largest absolute Gasteiger partial charge is 2.00 e. The van der Waals surface area contributed by atoms with Gasteiger partial charge in [0.2, 0.25) is 0 Å². The van der Waals surface area contributed by atoms with Crippen LogP contribution in [0.25, 0.3) is 0 Å². The first-order valence-corrected chi connectivity index (χ1v) is 9.52. The monoisotopic (exact) mass is 496 g/mol. The predicted octanol–water partition coefficient (Wildman–Crippen LogP) is -2.81. The molecule has 2 aliphatic carbocycles. The quantitative estimate of drug-likeness (QED) is 0.163. The molecule has 2 fully saturated rings. The molecule has 0 aromatic rings. The molecule has 2 N–H and O–H groups in total. The Bertz CT molecular complexity index is 333. The average Bonchev–Trinajstić information content (AvgIpc) is 3.22. The third-order valence-electron chi connectivity index (χ3n) is 3.29. The van der Waals surface area contributed by atoms with Crippen molar-refractivity contribution < 1.29 is 76.2 Å². The van der Waals surface area contributed by atoms with Crippen molar-refractivity contribution >= 4 is 58.3 Å². The molecule has 136 valence electrons. The van der Waals surface area contributed by atoms with Gasteiger partial charge in [0, 0.05) is 13.1 Å². The van der Waals surface area contributed by atoms with E-state index >= 15 is 0 Å². The van der Waals surface area contributed by atoms with Crippen LogP contribution in [0.5, 0.6) is 0 Å². The number of rotatable bonds is 8. The van der Waals surface area contributed by atoms with Crippen molar-refractivity contribution in [2.75, 3.05) is 13.1 Å². The molecule has 0 heterocycles. The van der Waals surface area contributed by atoms with Crippen molar-refractivity contribution in [3.63, 3.8) is 0 Å². The zero-order valence-electron chi connectivity index (χ0n) is 15.8. The van der Waals surface area contributed by atoms with Gasteiger partial charge in [0.15, 0.2) is 0 Å². The SMILES string of the molecule is S=C([S-])NCCC[C]1[CH][CH][CH][CH]1.S=C([S-])NCCC[C]1[CH][CH][CH][CH]1.[Fe+2].[Na+].[Na+]. The van der Waals surface area contributed by atoms with Crippen LogP contribution in [-0.2, 0) is 42.3 Å². The van der Waals surface area contributed by atoms with Gasteiger partial charge in [-0.2, -0.15) is 0 Å². The number of nitrogens with one attached hydrogen (secondary N) is 2. The van der Waals surface area contributed by atoms with E-state index in [1.165, 1.54) is 11.8 Å². The number of thiocarbonyl (C=S) groups is 2. The van der Waals surface area contributed by atoms with Crippen LogP contribution < -0.4 is 69.7 Å². The molecular formula is C18H22FeN2Na2S4+2. The standard InChI is InChI=1S/2C9H12NS2.Fe.2Na/c2*11-9(12)10-7-3-6-8-4-1-2-5-8;;;/h2*1-2,4-5H,3,6-7H2,(H2,10,11,12);;;/q;;+2;2*+1/p-2. The maximum absolute atomic E-state index is 4.71. The van der Waals surface area contributed by atoms with Gasteiger partial charge in [0.05, 0.1) is 0 Å². The second-order valence-corrected chi connectivity index (χ2v) is 7.37. The van der Waals surface area contributed by atoms with Gasteiger partial charge >= 0.3 is 76.2 Å². The Balaban J connectivity index is -0.000000384. The summed E-state index contributed by atoms with van der Waals surface area (Å²) in [6.07, 6.45) is 21.1. The van der Waals surface area contributed by atoms with Gasteiger partial charge in [0.1, 0.15) is 0 Å². The van der Waals surface area contributed by atoms with E-state index in [0.29, 0.717) is 8.64 Å². The van der Waals surface area contributed by atoms with Crippen molar-refractivity contribution in [3.05, 3.63) is 63.2 Å². The van der Waals surface area contributed by atoms with Crippen molar-refractivity contribution in [1.82, 2.24) is 10.6 Å². The van der Waals surface area contributed by atoms with E-state index in [0.717, 1.165) is 38.8 Å². The Morgan fingerprint density at radius 2 is 1.00 bits per heavy atom. The Hall–Kier alpha value is 2.74. The zero-order chi connectivity index (χ0) is 17.6. The van der Waals surface area contributed by atoms with Gasteiger partial charge in [-0.25, -0.2) is 0 Å². The van der Waals surface area contributed by atoms with Crippen molar-refractivity contribution in [1.29, 1.82) is 0 Å². The fourth-order valence-electron chi connectivity index (χ4n) is 2.13. The van der Waals surface area contributed by atoms with Gasteiger partial charge in [-0.1, -0.05) is 8.64 Å². The molecule has 0 aromatic heterocycles. The molecule has 27 heavy (non-hydrogen) atoms. The summed E-state index contributed by atoms with van der Waals surface area (Å²) in [5, 5.41) is 5.91. The van der Waals surface area contributed by atoms with E-state index in [2.05, 4.69) is 62.0 Å². The average molecular weight is 496 g/mol. The molecule has 0 aromatic carbocycles. The maximum atomic E-state index is 4.71. The van der Waals surface area contributed by atoms with Crippen molar-refractivity contribution in [2.24, 2.45) is 0 Å². The van der Waals surface area contributed by atoms with Crippen molar-refractivity contribution in [2.45, 2.75) is 25.7 Å². The van der Waals surface area contributed by atoms with Crippen LogP contribution >= 0.6 is 24.4 Å². The molecule has 9 heteroatoms. The molecule has 2 saturated carbocycles. The summed E-state index contributed by atoms with van der Waals surface area (Å²) in [5.41, 5.74) is 0. The van der Waals surface area contributed by atoms with Gasteiger partial charge in [-0.05, 0) is 88.9 Å². The molecule has 0 saturated heterocycles. The van der Waals surface area contributed by atoms with Gasteiger partial charge < -0.3 is 60.3 Å². The first-order chi connectivity index (χ1) is 11.6. The molecular weight excluding hydrogens is 474 g/mol. The molecule has 0 spiro atoms. The minimum absolute atomic E-state index is 0. The molecule has 0 aliphatic heterocycles. The topological polar surface area (TPSA) is 24.1 Å². The molecule has 2 aliphatic rings. The predicted molar refractivity (Wildman–Crippen MR) is 115 cm³/mol. The van der Waals surface area contributed by atoms with Gasteiger partial charge in [-0.15, -0.1) is 0 Å². The van der Waals surface area contributed by atoms with E-state index in [1.54, 1.807) is 0 Å². The summed E-state index contributed by atoms with van der Waals surface area (Å²) in [7, 11) is 0. The summed E-state index contributed by atoms with van der Waals surface area (Å²) >= 11 is 18.9. The summed E-state index contributed by atoms with van der Waals surface area (Å²) < 4.78 is 0.940. The fraction of sp³-hybridized carbons (Fsp3) is 0.333. The van der Waals surface area contributed by atoms with E-state index < -0.39 is 0 Å². The van der Waals surface area contributed by atoms with Crippen LogP contribution in [0.4, 0.5) is 0 Å². The molecule has 0 atom stereocenters. The molecule has 0 bridgehead atoms. The second kappa shape index (κ2) is 23.4. The van der Waals surface area contributed by atoms with Crippen molar-refractivity contribution in [3.8, 4) is 0 Å². The van der Waals surface area contributed by atoms with Gasteiger partial charge in [-0.3, -0.25) is 0 Å². The summed E-state index contributed by atoms with van der Waals surface area (Å²) in [6.45, 7) is 1.76. The zero-order valence-corrected chi connectivity index (χ0v) is 24.2. The van der Waals surface area contributed by atoms with Gasteiger partial charge in [0.25, 0.3) is 0 Å². The van der Waals surface area contributed by atoms with E-state index in [4.69, 9.17) is 49.7 Å². The second-order valence-electron chi connectivity index (χ2n) is 5.22. The minimum Gasteiger partial charge on any atom is -0.412 e. The summed E-state index contributed by atoms with van der Waals surface area (Å²) in [4.78, 5) is 0. The Kier molecular flexibility index (Phi) is 29.8. The van der Waals surface area contributed by atoms with E-state index in [-0.39, 0.29) is 76.2 Å². The third kappa shape index (κ3) is 21.7. The third-order valence-corrected chi connectivity index (χ3v) is 3.86. The van der Waals surface area contributed by atoms with Crippen LogP contribution in [0.1, 0.15) is 25.7 Å². The first-order valence-electron chi connectivity index (χ1n) is 7.89. The van der Waals surface area contributed by atoms with Crippen LogP contribution in [0.2, 0.25) is 0 Å². The van der Waals surface area contributed by atoms with Crippen LogP contribution in [-0.4, -0.2) is 21.7 Å². The van der Waals surface area contributed by atoms with Crippen LogP contribution in [0.3, 0.4) is 0 Å². The van der Waals surface area contributed by atoms with E-state index in [1.807, 2.05) is 0 Å². The fourth-order valence-corrected chi connectivity index (χ4v) is 2.54. The molecule has 2 rings (SSSR count). The maximum Gasteiger partial charge on any atom is 2.00 e.